The normalized spacial score (nSPS) is 10.2. The van der Waals surface area contributed by atoms with Gasteiger partial charge in [-0.2, -0.15) is 0 Å². The first-order valence-electron chi connectivity index (χ1n) is 5.38. The Bertz CT molecular complexity index is 552. The predicted octanol–water partition coefficient (Wildman–Crippen LogP) is 3.06. The van der Waals surface area contributed by atoms with Crippen molar-refractivity contribution in [3.63, 3.8) is 0 Å². The number of nitrogens with zero attached hydrogens (tertiary/aromatic N) is 1. The molecule has 1 heterocycles. The van der Waals surface area contributed by atoms with Gasteiger partial charge in [0.2, 0.25) is 0 Å². The Morgan fingerprint density at radius 1 is 1.39 bits per heavy atom. The molecule has 0 saturated carbocycles. The Balaban J connectivity index is 2.29. The van der Waals surface area contributed by atoms with Gasteiger partial charge in [0.05, 0.1) is 18.4 Å². The van der Waals surface area contributed by atoms with Crippen LogP contribution < -0.4 is 9.64 Å². The summed E-state index contributed by atoms with van der Waals surface area (Å²) in [6.45, 7) is 0. The van der Waals surface area contributed by atoms with Crippen molar-refractivity contribution in [3.8, 4) is 5.75 Å². The molecule has 0 radical (unpaired) electrons. The largest absolute Gasteiger partial charge is 0.497 e. The van der Waals surface area contributed by atoms with Crippen molar-refractivity contribution >= 4 is 27.5 Å². The molecule has 1 amide bonds. The molecule has 94 valence electrons. The van der Waals surface area contributed by atoms with E-state index in [1.54, 1.807) is 37.5 Å². The summed E-state index contributed by atoms with van der Waals surface area (Å²) in [4.78, 5) is 16.6. The molecule has 0 bridgehead atoms. The van der Waals surface area contributed by atoms with E-state index in [-0.39, 0.29) is 5.91 Å². The summed E-state index contributed by atoms with van der Waals surface area (Å²) in [6, 6.07) is 7.24. The van der Waals surface area contributed by atoms with Gasteiger partial charge in [0.15, 0.2) is 0 Å². The lowest BCUT2D eigenvalue weighted by Crippen LogP contribution is -2.26. The third-order valence-electron chi connectivity index (χ3n) is 2.67. The summed E-state index contributed by atoms with van der Waals surface area (Å²) in [5, 5.41) is 0. The van der Waals surface area contributed by atoms with Crippen LogP contribution in [0.5, 0.6) is 5.75 Å². The summed E-state index contributed by atoms with van der Waals surface area (Å²) >= 11 is 3.44. The third-order valence-corrected chi connectivity index (χ3v) is 3.30. The van der Waals surface area contributed by atoms with Crippen molar-refractivity contribution in [1.29, 1.82) is 0 Å². The van der Waals surface area contributed by atoms with Gasteiger partial charge >= 0.3 is 0 Å². The molecule has 0 fully saturated rings. The summed E-state index contributed by atoms with van der Waals surface area (Å²) in [7, 11) is 3.35. The van der Waals surface area contributed by atoms with E-state index in [0.717, 1.165) is 15.9 Å². The molecule has 18 heavy (non-hydrogen) atoms. The average molecular weight is 309 g/mol. The molecule has 2 rings (SSSR count). The first-order valence-corrected chi connectivity index (χ1v) is 6.17. The zero-order valence-corrected chi connectivity index (χ0v) is 11.7. The maximum atomic E-state index is 12.2. The van der Waals surface area contributed by atoms with Crippen molar-refractivity contribution in [2.45, 2.75) is 0 Å². The second-order valence-electron chi connectivity index (χ2n) is 3.78. The van der Waals surface area contributed by atoms with Crippen LogP contribution in [0.15, 0.2) is 41.1 Å². The van der Waals surface area contributed by atoms with Crippen molar-refractivity contribution in [2.75, 3.05) is 19.1 Å². The van der Waals surface area contributed by atoms with Gasteiger partial charge < -0.3 is 14.6 Å². The standard InChI is InChI=1S/C13H13BrN2O2/c1-16(13(17)9-5-6-15-8-9)12-4-3-10(18-2)7-11(12)14/h3-8,15H,1-2H3. The Morgan fingerprint density at radius 2 is 2.17 bits per heavy atom. The lowest BCUT2D eigenvalue weighted by atomic mass is 10.2. The molecule has 4 nitrogen and oxygen atoms in total. The number of anilines is 1. The highest BCUT2D eigenvalue weighted by molar-refractivity contribution is 9.10. The number of ether oxygens (including phenoxy) is 1. The topological polar surface area (TPSA) is 45.3 Å². The van der Waals surface area contributed by atoms with Gasteiger partial charge in [-0.15, -0.1) is 0 Å². The maximum absolute atomic E-state index is 12.2. The van der Waals surface area contributed by atoms with Crippen molar-refractivity contribution < 1.29 is 9.53 Å². The van der Waals surface area contributed by atoms with Crippen LogP contribution in [0.3, 0.4) is 0 Å². The molecule has 0 aliphatic rings. The molecule has 0 aliphatic heterocycles. The molecule has 2 aromatic rings. The predicted molar refractivity (Wildman–Crippen MR) is 74.2 cm³/mol. The Kier molecular flexibility index (Phi) is 3.72. The van der Waals surface area contributed by atoms with Crippen LogP contribution in [-0.4, -0.2) is 25.0 Å². The number of halogens is 1. The monoisotopic (exact) mass is 308 g/mol. The van der Waals surface area contributed by atoms with Gasteiger partial charge in [-0.1, -0.05) is 0 Å². The maximum Gasteiger partial charge on any atom is 0.259 e. The van der Waals surface area contributed by atoms with Crippen molar-refractivity contribution in [1.82, 2.24) is 4.98 Å². The number of nitrogens with one attached hydrogen (secondary N) is 1. The molecule has 5 heteroatoms. The number of aromatic nitrogens is 1. The molecule has 1 aromatic heterocycles. The number of H-pyrrole nitrogens is 1. The van der Waals surface area contributed by atoms with Crippen molar-refractivity contribution in [2.24, 2.45) is 0 Å². The second kappa shape index (κ2) is 5.27. The number of carbonyl (C=O) groups excluding carboxylic acids is 1. The fraction of sp³-hybridized carbons (Fsp3) is 0.154. The number of aromatic amines is 1. The zero-order valence-electron chi connectivity index (χ0n) is 10.1. The van der Waals surface area contributed by atoms with Gasteiger partial charge in [0.25, 0.3) is 5.91 Å². The minimum absolute atomic E-state index is 0.0675. The van der Waals surface area contributed by atoms with Crippen LogP contribution >= 0.6 is 15.9 Å². The van der Waals surface area contributed by atoms with Crippen LogP contribution in [0.25, 0.3) is 0 Å². The number of rotatable bonds is 3. The first-order chi connectivity index (χ1) is 8.63. The van der Waals surface area contributed by atoms with E-state index in [9.17, 15) is 4.79 Å². The fourth-order valence-corrected chi connectivity index (χ4v) is 2.27. The molecule has 0 atom stereocenters. The van der Waals surface area contributed by atoms with Crippen LogP contribution in [-0.2, 0) is 0 Å². The van der Waals surface area contributed by atoms with E-state index in [4.69, 9.17) is 4.74 Å². The number of carbonyl (C=O) groups is 1. The summed E-state index contributed by atoms with van der Waals surface area (Å²) in [5.41, 5.74) is 1.42. The smallest absolute Gasteiger partial charge is 0.259 e. The van der Waals surface area contributed by atoms with E-state index >= 15 is 0 Å². The molecule has 0 spiro atoms. The zero-order chi connectivity index (χ0) is 13.1. The highest BCUT2D eigenvalue weighted by atomic mass is 79.9. The summed E-state index contributed by atoms with van der Waals surface area (Å²) < 4.78 is 5.94. The SMILES string of the molecule is COc1ccc(N(C)C(=O)c2cc[nH]c2)c(Br)c1. The minimum atomic E-state index is -0.0675. The number of amides is 1. The van der Waals surface area contributed by atoms with Gasteiger partial charge in [0.1, 0.15) is 5.75 Å². The molecular weight excluding hydrogens is 296 g/mol. The van der Waals surface area contributed by atoms with Gasteiger partial charge in [-0.05, 0) is 40.2 Å². The lowest BCUT2D eigenvalue weighted by molar-refractivity contribution is 0.0993. The number of benzene rings is 1. The fourth-order valence-electron chi connectivity index (χ4n) is 1.65. The van der Waals surface area contributed by atoms with Crippen LogP contribution in [0.4, 0.5) is 5.69 Å². The highest BCUT2D eigenvalue weighted by Gasteiger charge is 2.16. The molecule has 1 aromatic carbocycles. The average Bonchev–Trinajstić information content (AvgIpc) is 2.90. The minimum Gasteiger partial charge on any atom is -0.497 e. The van der Waals surface area contributed by atoms with Crippen LogP contribution in [0.1, 0.15) is 10.4 Å². The first kappa shape index (κ1) is 12.7. The Morgan fingerprint density at radius 3 is 2.72 bits per heavy atom. The molecule has 1 N–H and O–H groups in total. The van der Waals surface area contributed by atoms with Gasteiger partial charge in [-0.25, -0.2) is 0 Å². The lowest BCUT2D eigenvalue weighted by Gasteiger charge is -2.18. The van der Waals surface area contributed by atoms with E-state index in [2.05, 4.69) is 20.9 Å². The van der Waals surface area contributed by atoms with E-state index in [0.29, 0.717) is 5.56 Å². The summed E-state index contributed by atoms with van der Waals surface area (Å²) in [5.74, 6) is 0.676. The van der Waals surface area contributed by atoms with Crippen molar-refractivity contribution in [3.05, 3.63) is 46.7 Å². The number of hydrogen-bond donors (Lipinski definition) is 1. The summed E-state index contributed by atoms with van der Waals surface area (Å²) in [6.07, 6.45) is 3.40. The van der Waals surface area contributed by atoms with E-state index in [1.807, 2.05) is 18.2 Å². The van der Waals surface area contributed by atoms with Gasteiger partial charge in [-0.3, -0.25) is 4.79 Å². The van der Waals surface area contributed by atoms with Crippen LogP contribution in [0, 0.1) is 0 Å². The third kappa shape index (κ3) is 2.41. The van der Waals surface area contributed by atoms with E-state index < -0.39 is 0 Å². The molecule has 0 aliphatic carbocycles. The van der Waals surface area contributed by atoms with Gasteiger partial charge in [0, 0.05) is 23.9 Å². The van der Waals surface area contributed by atoms with Crippen LogP contribution in [0.2, 0.25) is 0 Å². The molecule has 0 saturated heterocycles. The Labute approximate surface area is 114 Å². The Hall–Kier alpha value is -1.75. The molecule has 0 unspecified atom stereocenters. The quantitative estimate of drug-likeness (QED) is 0.947. The number of methoxy groups -OCH3 is 1. The molecular formula is C13H13BrN2O2. The second-order valence-corrected chi connectivity index (χ2v) is 4.64. The number of hydrogen-bond acceptors (Lipinski definition) is 2. The highest BCUT2D eigenvalue weighted by Crippen LogP contribution is 2.30. The van der Waals surface area contributed by atoms with E-state index in [1.165, 1.54) is 0 Å².